The van der Waals surface area contributed by atoms with Crippen molar-refractivity contribution in [3.63, 3.8) is 0 Å². The van der Waals surface area contributed by atoms with Gasteiger partial charge in [-0.1, -0.05) is 24.3 Å². The van der Waals surface area contributed by atoms with Gasteiger partial charge in [-0.25, -0.2) is 5.01 Å². The molecule has 4 rings (SSSR count). The van der Waals surface area contributed by atoms with Crippen LogP contribution in [0.5, 0.6) is 0 Å². The summed E-state index contributed by atoms with van der Waals surface area (Å²) in [6.45, 7) is 2.75. The highest BCUT2D eigenvalue weighted by atomic mass is 79.9. The molecule has 2 aromatic carbocycles. The van der Waals surface area contributed by atoms with Crippen LogP contribution in [0.2, 0.25) is 0 Å². The lowest BCUT2D eigenvalue weighted by Crippen LogP contribution is -2.47. The van der Waals surface area contributed by atoms with Crippen LogP contribution in [0.3, 0.4) is 0 Å². The molecule has 0 amide bonds. The Balaban J connectivity index is 1.75. The maximum atomic E-state index is 9.40. The number of fused-ring (bicyclic) bond motifs is 1. The van der Waals surface area contributed by atoms with E-state index in [-0.39, 0.29) is 0 Å². The van der Waals surface area contributed by atoms with Gasteiger partial charge in [-0.15, -0.1) is 0 Å². The monoisotopic (exact) mass is 395 g/mol. The Labute approximate surface area is 155 Å². The van der Waals surface area contributed by atoms with Crippen molar-refractivity contribution in [2.45, 2.75) is 19.4 Å². The molecule has 6 heteroatoms. The second-order valence-electron chi connectivity index (χ2n) is 6.20. The molecule has 1 N–H and O–H groups in total. The van der Waals surface area contributed by atoms with E-state index in [1.54, 1.807) is 6.20 Å². The largest absolute Gasteiger partial charge is 0.305 e. The number of halogens is 1. The first-order valence-corrected chi connectivity index (χ1v) is 9.19. The van der Waals surface area contributed by atoms with Gasteiger partial charge in [-0.3, -0.25) is 5.10 Å². The first-order valence-electron chi connectivity index (χ1n) is 8.40. The molecule has 126 valence electrons. The maximum Gasteiger partial charge on any atom is 0.0998 e. The number of hydrogen-bond acceptors (Lipinski definition) is 4. The Kier molecular flexibility index (Phi) is 4.43. The molecule has 0 aliphatic carbocycles. The van der Waals surface area contributed by atoms with Crippen molar-refractivity contribution >= 4 is 32.4 Å². The highest BCUT2D eigenvalue weighted by Gasteiger charge is 2.23. The molecule has 0 spiro atoms. The molecule has 1 aliphatic rings. The van der Waals surface area contributed by atoms with Crippen LogP contribution in [0.4, 0.5) is 5.69 Å². The summed E-state index contributed by atoms with van der Waals surface area (Å²) in [6.07, 6.45) is 4.13. The number of nitrogens with zero attached hydrogens (tertiary/aromatic N) is 4. The Morgan fingerprint density at radius 2 is 1.92 bits per heavy atom. The van der Waals surface area contributed by atoms with Gasteiger partial charge in [-0.2, -0.15) is 10.4 Å². The van der Waals surface area contributed by atoms with E-state index in [0.717, 1.165) is 58.2 Å². The second-order valence-corrected chi connectivity index (χ2v) is 7.06. The molecule has 0 saturated carbocycles. The smallest absolute Gasteiger partial charge is 0.0998 e. The normalized spacial score (nSPS) is 15.4. The number of aromatic amines is 1. The molecule has 2 heterocycles. The average Bonchev–Trinajstić information content (AvgIpc) is 3.06. The van der Waals surface area contributed by atoms with Crippen molar-refractivity contribution in [1.29, 1.82) is 5.26 Å². The number of rotatable bonds is 3. The first kappa shape index (κ1) is 16.1. The molecule has 0 atom stereocenters. The van der Waals surface area contributed by atoms with Gasteiger partial charge >= 0.3 is 0 Å². The molecular weight excluding hydrogens is 378 g/mol. The number of benzene rings is 2. The van der Waals surface area contributed by atoms with E-state index in [4.69, 9.17) is 0 Å². The minimum atomic E-state index is 0.722. The van der Waals surface area contributed by atoms with Gasteiger partial charge in [0.05, 0.1) is 40.2 Å². The Hall–Kier alpha value is -2.36. The third kappa shape index (κ3) is 3.01. The lowest BCUT2D eigenvalue weighted by molar-refractivity contribution is 0.202. The van der Waals surface area contributed by atoms with Crippen molar-refractivity contribution in [1.82, 2.24) is 15.2 Å². The van der Waals surface area contributed by atoms with Gasteiger partial charge < -0.3 is 5.01 Å². The zero-order valence-electron chi connectivity index (χ0n) is 13.7. The van der Waals surface area contributed by atoms with Gasteiger partial charge in [0.25, 0.3) is 0 Å². The van der Waals surface area contributed by atoms with E-state index in [2.05, 4.69) is 54.3 Å². The minimum absolute atomic E-state index is 0.722. The summed E-state index contributed by atoms with van der Waals surface area (Å²) in [7, 11) is 0. The van der Waals surface area contributed by atoms with E-state index in [1.807, 2.05) is 24.3 Å². The quantitative estimate of drug-likeness (QED) is 0.721. The summed E-state index contributed by atoms with van der Waals surface area (Å²) in [5.41, 5.74) is 2.95. The molecule has 25 heavy (non-hydrogen) atoms. The number of anilines is 1. The summed E-state index contributed by atoms with van der Waals surface area (Å²) < 4.78 is 1.00. The van der Waals surface area contributed by atoms with Crippen molar-refractivity contribution in [2.75, 3.05) is 18.1 Å². The van der Waals surface area contributed by atoms with Gasteiger partial charge in [0.1, 0.15) is 0 Å². The fraction of sp³-hybridized carbons (Fsp3) is 0.263. The topological polar surface area (TPSA) is 59.0 Å². The molecule has 1 aliphatic heterocycles. The molecule has 0 unspecified atom stereocenters. The number of aromatic nitrogens is 2. The van der Waals surface area contributed by atoms with Crippen molar-refractivity contribution < 1.29 is 0 Å². The number of H-pyrrole nitrogens is 1. The highest BCUT2D eigenvalue weighted by molar-refractivity contribution is 9.10. The van der Waals surface area contributed by atoms with Crippen molar-refractivity contribution in [3.8, 4) is 6.07 Å². The molecule has 1 saturated heterocycles. The maximum absolute atomic E-state index is 9.40. The predicted molar refractivity (Wildman–Crippen MR) is 102 cm³/mol. The van der Waals surface area contributed by atoms with Crippen LogP contribution in [0, 0.1) is 11.3 Å². The van der Waals surface area contributed by atoms with E-state index >= 15 is 0 Å². The average molecular weight is 396 g/mol. The number of nitrogens with one attached hydrogen (secondary N) is 1. The zero-order valence-corrected chi connectivity index (χ0v) is 15.3. The fourth-order valence-electron chi connectivity index (χ4n) is 3.45. The van der Waals surface area contributed by atoms with Crippen LogP contribution >= 0.6 is 15.9 Å². The van der Waals surface area contributed by atoms with E-state index in [1.165, 1.54) is 6.42 Å². The Bertz CT molecular complexity index is 942. The third-order valence-electron chi connectivity index (χ3n) is 4.68. The van der Waals surface area contributed by atoms with E-state index < -0.39 is 0 Å². The molecule has 0 radical (unpaired) electrons. The predicted octanol–water partition coefficient (Wildman–Crippen LogP) is 4.21. The number of nitriles is 1. The SMILES string of the molecule is N#Cc1ccc(N2CCCCN2Cc2[nH]ncc2Br)c2ccccc12. The molecule has 1 aromatic heterocycles. The Morgan fingerprint density at radius 3 is 2.68 bits per heavy atom. The summed E-state index contributed by atoms with van der Waals surface area (Å²) in [5, 5.41) is 23.4. The molecule has 0 bridgehead atoms. The summed E-state index contributed by atoms with van der Waals surface area (Å²) in [5.74, 6) is 0. The fourth-order valence-corrected chi connectivity index (χ4v) is 3.77. The third-order valence-corrected chi connectivity index (χ3v) is 5.37. The van der Waals surface area contributed by atoms with Gasteiger partial charge in [0.15, 0.2) is 0 Å². The van der Waals surface area contributed by atoms with Crippen molar-refractivity contribution in [3.05, 3.63) is 58.3 Å². The van der Waals surface area contributed by atoms with Gasteiger partial charge in [0, 0.05) is 23.9 Å². The van der Waals surface area contributed by atoms with Crippen LogP contribution in [0.1, 0.15) is 24.1 Å². The standard InChI is InChI=1S/C19H18BrN5/c20-17-12-22-23-18(17)13-24-9-3-4-10-25(24)19-8-7-14(11-21)15-5-1-2-6-16(15)19/h1-2,5-8,12H,3-4,9-10,13H2,(H,22,23). The molecule has 1 fully saturated rings. The highest BCUT2D eigenvalue weighted by Crippen LogP contribution is 2.32. The minimum Gasteiger partial charge on any atom is -0.305 e. The van der Waals surface area contributed by atoms with E-state index in [9.17, 15) is 5.26 Å². The van der Waals surface area contributed by atoms with Crippen LogP contribution < -0.4 is 5.01 Å². The molecule has 3 aromatic rings. The number of hydrogen-bond donors (Lipinski definition) is 1. The van der Waals surface area contributed by atoms with Gasteiger partial charge in [0.2, 0.25) is 0 Å². The van der Waals surface area contributed by atoms with Gasteiger partial charge in [-0.05, 0) is 40.9 Å². The van der Waals surface area contributed by atoms with Crippen LogP contribution in [0.25, 0.3) is 10.8 Å². The molecular formula is C19H18BrN5. The Morgan fingerprint density at radius 1 is 1.12 bits per heavy atom. The lowest BCUT2D eigenvalue weighted by atomic mass is 10.0. The summed E-state index contributed by atoms with van der Waals surface area (Å²) in [6, 6.07) is 14.5. The summed E-state index contributed by atoms with van der Waals surface area (Å²) >= 11 is 3.55. The van der Waals surface area contributed by atoms with Crippen LogP contribution in [-0.4, -0.2) is 28.3 Å². The summed E-state index contributed by atoms with van der Waals surface area (Å²) in [4.78, 5) is 0. The number of hydrazine groups is 1. The van der Waals surface area contributed by atoms with E-state index in [0.29, 0.717) is 0 Å². The van der Waals surface area contributed by atoms with Crippen LogP contribution in [-0.2, 0) is 6.54 Å². The van der Waals surface area contributed by atoms with Crippen LogP contribution in [0.15, 0.2) is 47.1 Å². The lowest BCUT2D eigenvalue weighted by Gasteiger charge is -2.40. The van der Waals surface area contributed by atoms with Crippen molar-refractivity contribution in [2.24, 2.45) is 0 Å². The zero-order chi connectivity index (χ0) is 17.2. The second kappa shape index (κ2) is 6.87. The molecule has 5 nitrogen and oxygen atoms in total. The first-order chi connectivity index (χ1) is 12.3.